The molecule has 0 aliphatic carbocycles. The highest BCUT2D eigenvalue weighted by molar-refractivity contribution is 5.93. The van der Waals surface area contributed by atoms with Gasteiger partial charge in [-0.25, -0.2) is 4.79 Å². The first-order valence-corrected chi connectivity index (χ1v) is 12.9. The summed E-state index contributed by atoms with van der Waals surface area (Å²) in [6, 6.07) is 4.50. The summed E-state index contributed by atoms with van der Waals surface area (Å²) in [6.45, 7) is 4.08. The Morgan fingerprint density at radius 2 is 1.33 bits per heavy atom. The molecular weight excluding hydrogens is 450 g/mol. The van der Waals surface area contributed by atoms with E-state index in [0.717, 1.165) is 44.9 Å². The van der Waals surface area contributed by atoms with E-state index >= 15 is 0 Å². The van der Waals surface area contributed by atoms with Gasteiger partial charge in [0.05, 0.1) is 6.61 Å². The van der Waals surface area contributed by atoms with E-state index in [4.69, 9.17) is 4.74 Å². The topological polar surface area (TPSA) is 78.8 Å². The zero-order valence-electron chi connectivity index (χ0n) is 21.8. The van der Waals surface area contributed by atoms with Gasteiger partial charge < -0.3 is 20.3 Å². The van der Waals surface area contributed by atoms with Gasteiger partial charge in [0.15, 0.2) is 0 Å². The maximum Gasteiger partial charge on any atom is 0.341 e. The van der Waals surface area contributed by atoms with Gasteiger partial charge in [0.1, 0.15) is 17.5 Å². The number of hydrogen-bond donors (Lipinski definition) is 3. The monoisotopic (exact) mass is 493 g/mol. The average Bonchev–Trinajstić information content (AvgIpc) is 2.86. The molecule has 5 heteroatoms. The van der Waals surface area contributed by atoms with Crippen LogP contribution in [0.15, 0.2) is 91.1 Å². The van der Waals surface area contributed by atoms with Crippen molar-refractivity contribution in [3.05, 3.63) is 96.7 Å². The van der Waals surface area contributed by atoms with E-state index in [0.29, 0.717) is 12.1 Å². The molecule has 0 radical (unpaired) electrons. The number of anilines is 1. The molecule has 3 N–H and O–H groups in total. The number of carbonyl (C=O) groups is 1. The number of nitrogens with one attached hydrogen (secondary N) is 1. The molecule has 0 heterocycles. The van der Waals surface area contributed by atoms with Crippen molar-refractivity contribution in [3.63, 3.8) is 0 Å². The molecule has 1 aromatic carbocycles. The van der Waals surface area contributed by atoms with E-state index in [1.165, 1.54) is 12.1 Å². The Kier molecular flexibility index (Phi) is 17.9. The van der Waals surface area contributed by atoms with Gasteiger partial charge in [-0.3, -0.25) is 0 Å². The third-order valence-corrected chi connectivity index (χ3v) is 5.03. The van der Waals surface area contributed by atoms with E-state index in [9.17, 15) is 15.0 Å². The number of phenolic OH excluding ortho intramolecular Hbond substituents is 1. The molecule has 1 atom stereocenters. The molecule has 0 aliphatic heterocycles. The number of aliphatic hydroxyl groups is 1. The molecule has 0 amide bonds. The quantitative estimate of drug-likeness (QED) is 0.0842. The summed E-state index contributed by atoms with van der Waals surface area (Å²) < 4.78 is 4.93. The minimum atomic E-state index is -0.761. The molecule has 0 fully saturated rings. The summed E-state index contributed by atoms with van der Waals surface area (Å²) in [5, 5.41) is 23.0. The average molecular weight is 494 g/mol. The molecule has 1 aromatic rings. The highest BCUT2D eigenvalue weighted by atomic mass is 16.5. The first-order chi connectivity index (χ1) is 17.6. The van der Waals surface area contributed by atoms with Crippen LogP contribution in [-0.4, -0.2) is 29.0 Å². The lowest BCUT2D eigenvalue weighted by atomic mass is 10.1. The third-order valence-electron chi connectivity index (χ3n) is 5.03. The van der Waals surface area contributed by atoms with Crippen LogP contribution >= 0.6 is 0 Å². The van der Waals surface area contributed by atoms with E-state index < -0.39 is 12.2 Å². The molecule has 36 heavy (non-hydrogen) atoms. The van der Waals surface area contributed by atoms with Crippen molar-refractivity contribution in [1.82, 2.24) is 0 Å². The van der Waals surface area contributed by atoms with Crippen molar-refractivity contribution in [3.8, 4) is 5.75 Å². The molecule has 0 aliphatic rings. The first kappa shape index (κ1) is 30.7. The van der Waals surface area contributed by atoms with E-state index in [2.05, 4.69) is 79.1 Å². The van der Waals surface area contributed by atoms with Crippen LogP contribution in [0.3, 0.4) is 0 Å². The van der Waals surface area contributed by atoms with Crippen molar-refractivity contribution in [2.24, 2.45) is 0 Å². The van der Waals surface area contributed by atoms with Gasteiger partial charge in [0.2, 0.25) is 0 Å². The fourth-order valence-corrected chi connectivity index (χ4v) is 3.16. The molecule has 0 saturated heterocycles. The maximum atomic E-state index is 11.9. The third kappa shape index (κ3) is 15.6. The minimum absolute atomic E-state index is 0.0750. The fourth-order valence-electron chi connectivity index (χ4n) is 3.16. The number of aliphatic hydroxyl groups excluding tert-OH is 1. The normalized spacial score (nSPS) is 13.3. The van der Waals surface area contributed by atoms with Crippen LogP contribution in [0.4, 0.5) is 5.69 Å². The zero-order chi connectivity index (χ0) is 26.3. The number of ether oxygens (including phenoxy) is 1. The molecule has 0 bridgehead atoms. The lowest BCUT2D eigenvalue weighted by Gasteiger charge is -2.14. The number of esters is 1. The molecule has 5 nitrogen and oxygen atoms in total. The Bertz CT molecular complexity index is 909. The lowest BCUT2D eigenvalue weighted by molar-refractivity contribution is 0.0523. The molecular formula is C31H43NO4. The van der Waals surface area contributed by atoms with Crippen LogP contribution in [0.25, 0.3) is 0 Å². The molecule has 1 unspecified atom stereocenters. The number of rotatable bonds is 18. The Labute approximate surface area is 217 Å². The zero-order valence-corrected chi connectivity index (χ0v) is 21.8. The van der Waals surface area contributed by atoms with Crippen LogP contribution < -0.4 is 5.32 Å². The molecule has 0 saturated carbocycles. The highest BCUT2D eigenvalue weighted by Gasteiger charge is 2.13. The summed E-state index contributed by atoms with van der Waals surface area (Å²) >= 11 is 0. The summed E-state index contributed by atoms with van der Waals surface area (Å²) in [5.74, 6) is -0.738. The predicted molar refractivity (Wildman–Crippen MR) is 151 cm³/mol. The van der Waals surface area contributed by atoms with Gasteiger partial charge in [-0.2, -0.15) is 0 Å². The van der Waals surface area contributed by atoms with E-state index in [-0.39, 0.29) is 17.9 Å². The van der Waals surface area contributed by atoms with Gasteiger partial charge in [-0.15, -0.1) is 0 Å². The minimum Gasteiger partial charge on any atom is -0.507 e. The summed E-state index contributed by atoms with van der Waals surface area (Å²) in [7, 11) is 0. The van der Waals surface area contributed by atoms with Crippen LogP contribution in [-0.2, 0) is 4.74 Å². The summed E-state index contributed by atoms with van der Waals surface area (Å²) in [6.07, 6.45) is 32.3. The number of benzene rings is 1. The number of aromatic hydroxyl groups is 1. The maximum absolute atomic E-state index is 11.9. The lowest BCUT2D eigenvalue weighted by Crippen LogP contribution is -2.18. The number of hydrogen-bond acceptors (Lipinski definition) is 5. The van der Waals surface area contributed by atoms with E-state index in [1.807, 2.05) is 6.08 Å². The van der Waals surface area contributed by atoms with Crippen molar-refractivity contribution < 1.29 is 19.7 Å². The fraction of sp³-hybridized carbons (Fsp3) is 0.387. The van der Waals surface area contributed by atoms with Crippen LogP contribution in [0.2, 0.25) is 0 Å². The molecule has 0 aromatic heterocycles. The second-order valence-electron chi connectivity index (χ2n) is 8.11. The van der Waals surface area contributed by atoms with Gasteiger partial charge in [-0.05, 0) is 76.5 Å². The number of carbonyl (C=O) groups excluding carboxylic acids is 1. The Hall–Kier alpha value is -3.31. The van der Waals surface area contributed by atoms with Gasteiger partial charge in [0, 0.05) is 5.69 Å². The number of allylic oxidation sites excluding steroid dienone is 12. The predicted octanol–water partition coefficient (Wildman–Crippen LogP) is 7.78. The van der Waals surface area contributed by atoms with Gasteiger partial charge in [0.25, 0.3) is 0 Å². The second kappa shape index (κ2) is 21.0. The van der Waals surface area contributed by atoms with Crippen molar-refractivity contribution in [2.75, 3.05) is 11.9 Å². The molecule has 196 valence electrons. The van der Waals surface area contributed by atoms with Crippen LogP contribution in [0.5, 0.6) is 5.75 Å². The summed E-state index contributed by atoms with van der Waals surface area (Å²) in [4.78, 5) is 11.9. The Morgan fingerprint density at radius 3 is 1.83 bits per heavy atom. The largest absolute Gasteiger partial charge is 0.507 e. The molecule has 1 rings (SSSR count). The first-order valence-electron chi connectivity index (χ1n) is 12.9. The smallest absolute Gasteiger partial charge is 0.341 e. The van der Waals surface area contributed by atoms with Crippen LogP contribution in [0, 0.1) is 0 Å². The SMILES string of the molecule is CC/C=C\C/C=C\C/C=C\C/C=C\C/C=C\C/C=C\CCC(O)Nc1ccc(O)c(C(=O)OCC)c1. The Balaban J connectivity index is 2.16. The van der Waals surface area contributed by atoms with Gasteiger partial charge in [-0.1, -0.05) is 79.8 Å². The second-order valence-corrected chi connectivity index (χ2v) is 8.11. The molecule has 0 spiro atoms. The Morgan fingerprint density at radius 1 is 0.833 bits per heavy atom. The van der Waals surface area contributed by atoms with Crippen molar-refractivity contribution >= 4 is 11.7 Å². The van der Waals surface area contributed by atoms with Crippen molar-refractivity contribution in [2.45, 2.75) is 71.4 Å². The summed E-state index contributed by atoms with van der Waals surface area (Å²) in [5.41, 5.74) is 0.622. The van der Waals surface area contributed by atoms with Gasteiger partial charge >= 0.3 is 5.97 Å². The standard InChI is InChI=1S/C31H43NO4/c1-3-5-6-7-8-9-10-11-12-13-14-15-16-17-18-19-20-21-22-23-30(34)32-27-24-25-29(33)28(26-27)31(35)36-4-2/h5-6,8-9,11-12,14-15,17-18,20-21,24-26,30,32-34H,3-4,7,10,13,16,19,22-23H2,1-2H3/b6-5-,9-8-,12-11-,15-14-,18-17-,21-20-. The van der Waals surface area contributed by atoms with Crippen LogP contribution in [0.1, 0.15) is 75.6 Å². The number of phenols is 1. The highest BCUT2D eigenvalue weighted by Crippen LogP contribution is 2.23. The van der Waals surface area contributed by atoms with E-state index in [1.54, 1.807) is 13.0 Å². The van der Waals surface area contributed by atoms with Crippen molar-refractivity contribution in [1.29, 1.82) is 0 Å².